The number of rotatable bonds is 6. The predicted molar refractivity (Wildman–Crippen MR) is 96.3 cm³/mol. The van der Waals surface area contributed by atoms with Crippen LogP contribution in [0.15, 0.2) is 42.7 Å². The average molecular weight is 408 g/mol. The van der Waals surface area contributed by atoms with Gasteiger partial charge in [0.1, 0.15) is 24.5 Å². The standard InChI is InChI=1S/C18H15F3N4O4/c1-11-2-5-16-23-13(9-24(16)8-11)10-29-17(26)7-22-14-4-3-12(18(19,20)21)6-15(14)25(27)28/h2-6,8-9,22H,7,10H2,1H3. The SMILES string of the molecule is Cc1ccc2nc(COC(=O)CNc3ccc(C(F)(F)F)cc3[N+](=O)[O-])cn2c1. The van der Waals surface area contributed by atoms with Gasteiger partial charge in [-0.05, 0) is 30.7 Å². The van der Waals surface area contributed by atoms with E-state index in [4.69, 9.17) is 4.74 Å². The molecule has 3 aromatic rings. The fourth-order valence-electron chi connectivity index (χ4n) is 2.61. The number of fused-ring (bicyclic) bond motifs is 1. The summed E-state index contributed by atoms with van der Waals surface area (Å²) < 4.78 is 45.0. The van der Waals surface area contributed by atoms with E-state index >= 15 is 0 Å². The first-order chi connectivity index (χ1) is 13.6. The molecular formula is C18H15F3N4O4. The maximum absolute atomic E-state index is 12.7. The second kappa shape index (κ2) is 7.78. The van der Waals surface area contributed by atoms with Gasteiger partial charge in [0, 0.05) is 18.5 Å². The molecule has 8 nitrogen and oxygen atoms in total. The maximum atomic E-state index is 12.7. The number of aromatic nitrogens is 2. The molecular weight excluding hydrogens is 393 g/mol. The predicted octanol–water partition coefficient (Wildman–Crippen LogP) is 3.73. The minimum atomic E-state index is -4.71. The van der Waals surface area contributed by atoms with Gasteiger partial charge >= 0.3 is 12.1 Å². The normalized spacial score (nSPS) is 11.4. The molecule has 3 rings (SSSR count). The number of carbonyl (C=O) groups is 1. The van der Waals surface area contributed by atoms with Gasteiger partial charge in [-0.15, -0.1) is 0 Å². The summed E-state index contributed by atoms with van der Waals surface area (Å²) in [6.07, 6.45) is -1.16. The summed E-state index contributed by atoms with van der Waals surface area (Å²) in [7, 11) is 0. The molecule has 0 aliphatic carbocycles. The van der Waals surface area contributed by atoms with Crippen LogP contribution < -0.4 is 5.32 Å². The van der Waals surface area contributed by atoms with E-state index in [1.54, 1.807) is 10.6 Å². The first-order valence-corrected chi connectivity index (χ1v) is 8.33. The third-order valence-electron chi connectivity index (χ3n) is 3.97. The summed E-state index contributed by atoms with van der Waals surface area (Å²) in [5.41, 5.74) is 0.0521. The number of carbonyl (C=O) groups excluding carboxylic acids is 1. The molecule has 11 heteroatoms. The highest BCUT2D eigenvalue weighted by Gasteiger charge is 2.33. The van der Waals surface area contributed by atoms with Crippen LogP contribution in [0.1, 0.15) is 16.8 Å². The van der Waals surface area contributed by atoms with E-state index in [2.05, 4.69) is 10.3 Å². The number of nitro benzene ring substituents is 1. The topological polar surface area (TPSA) is 98.8 Å². The van der Waals surface area contributed by atoms with Crippen LogP contribution in [0.4, 0.5) is 24.5 Å². The number of ether oxygens (including phenoxy) is 1. The van der Waals surface area contributed by atoms with Crippen LogP contribution in [0.5, 0.6) is 0 Å². The average Bonchev–Trinajstić information content (AvgIpc) is 3.05. The highest BCUT2D eigenvalue weighted by Crippen LogP contribution is 2.34. The quantitative estimate of drug-likeness (QED) is 0.379. The van der Waals surface area contributed by atoms with Crippen molar-refractivity contribution in [2.45, 2.75) is 19.7 Å². The lowest BCUT2D eigenvalue weighted by molar-refractivity contribution is -0.384. The Hall–Kier alpha value is -3.63. The fourth-order valence-corrected chi connectivity index (χ4v) is 2.61. The van der Waals surface area contributed by atoms with Crippen molar-refractivity contribution < 1.29 is 27.6 Å². The van der Waals surface area contributed by atoms with E-state index in [9.17, 15) is 28.1 Å². The van der Waals surface area contributed by atoms with Gasteiger partial charge in [0.2, 0.25) is 0 Å². The number of benzene rings is 1. The van der Waals surface area contributed by atoms with E-state index < -0.39 is 34.9 Å². The van der Waals surface area contributed by atoms with Crippen molar-refractivity contribution >= 4 is 23.0 Å². The molecule has 0 saturated carbocycles. The maximum Gasteiger partial charge on any atom is 0.416 e. The van der Waals surface area contributed by atoms with Gasteiger partial charge in [-0.25, -0.2) is 4.98 Å². The number of imidazole rings is 1. The molecule has 0 fully saturated rings. The van der Waals surface area contributed by atoms with Crippen LogP contribution >= 0.6 is 0 Å². The van der Waals surface area contributed by atoms with E-state index in [1.807, 2.05) is 25.3 Å². The summed E-state index contributed by atoms with van der Waals surface area (Å²) in [4.78, 5) is 26.3. The van der Waals surface area contributed by atoms with Crippen molar-refractivity contribution in [3.05, 3.63) is 69.7 Å². The number of esters is 1. The summed E-state index contributed by atoms with van der Waals surface area (Å²) in [6.45, 7) is 1.35. The molecule has 152 valence electrons. The molecule has 2 aromatic heterocycles. The largest absolute Gasteiger partial charge is 0.458 e. The smallest absolute Gasteiger partial charge is 0.416 e. The van der Waals surface area contributed by atoms with Gasteiger partial charge in [0.15, 0.2) is 0 Å². The van der Waals surface area contributed by atoms with Crippen LogP contribution in [0, 0.1) is 17.0 Å². The minimum absolute atomic E-state index is 0.115. The molecule has 0 bridgehead atoms. The first-order valence-electron chi connectivity index (χ1n) is 8.33. The molecule has 0 amide bonds. The molecule has 0 spiro atoms. The lowest BCUT2D eigenvalue weighted by Gasteiger charge is -2.10. The number of alkyl halides is 3. The number of hydrogen-bond donors (Lipinski definition) is 1. The summed E-state index contributed by atoms with van der Waals surface area (Å²) >= 11 is 0. The lowest BCUT2D eigenvalue weighted by Crippen LogP contribution is -2.17. The number of nitrogens with one attached hydrogen (secondary N) is 1. The van der Waals surface area contributed by atoms with Gasteiger partial charge < -0.3 is 14.5 Å². The molecule has 0 aliphatic heterocycles. The van der Waals surface area contributed by atoms with Gasteiger partial charge in [0.05, 0.1) is 16.2 Å². The molecule has 29 heavy (non-hydrogen) atoms. The number of anilines is 1. The first kappa shape index (κ1) is 20.1. The summed E-state index contributed by atoms with van der Waals surface area (Å²) in [5, 5.41) is 13.5. The zero-order valence-electron chi connectivity index (χ0n) is 15.1. The van der Waals surface area contributed by atoms with Crippen LogP contribution in [0.3, 0.4) is 0 Å². The molecule has 1 aromatic carbocycles. The molecule has 0 saturated heterocycles. The highest BCUT2D eigenvalue weighted by molar-refractivity contribution is 5.76. The molecule has 1 N–H and O–H groups in total. The van der Waals surface area contributed by atoms with E-state index in [0.717, 1.165) is 11.6 Å². The number of halogens is 3. The Labute approximate surface area is 162 Å². The Morgan fingerprint density at radius 1 is 1.28 bits per heavy atom. The highest BCUT2D eigenvalue weighted by atomic mass is 19.4. The van der Waals surface area contributed by atoms with E-state index in [1.165, 1.54) is 0 Å². The Kier molecular flexibility index (Phi) is 5.39. The van der Waals surface area contributed by atoms with Crippen molar-refractivity contribution in [1.82, 2.24) is 9.38 Å². The van der Waals surface area contributed by atoms with Gasteiger partial charge in [0.25, 0.3) is 5.69 Å². The van der Waals surface area contributed by atoms with Crippen molar-refractivity contribution in [2.24, 2.45) is 0 Å². The number of pyridine rings is 1. The van der Waals surface area contributed by atoms with Gasteiger partial charge in [-0.1, -0.05) is 6.07 Å². The molecule has 0 atom stereocenters. The molecule has 0 radical (unpaired) electrons. The third-order valence-corrected chi connectivity index (χ3v) is 3.97. The monoisotopic (exact) mass is 408 g/mol. The van der Waals surface area contributed by atoms with Crippen LogP contribution in [-0.4, -0.2) is 26.8 Å². The Morgan fingerprint density at radius 3 is 2.72 bits per heavy atom. The third kappa shape index (κ3) is 4.81. The minimum Gasteiger partial charge on any atom is -0.458 e. The fraction of sp³-hybridized carbons (Fsp3) is 0.222. The lowest BCUT2D eigenvalue weighted by atomic mass is 10.1. The van der Waals surface area contributed by atoms with E-state index in [0.29, 0.717) is 23.5 Å². The second-order valence-electron chi connectivity index (χ2n) is 6.21. The summed E-state index contributed by atoms with van der Waals surface area (Å²) in [5.74, 6) is -0.743. The zero-order chi connectivity index (χ0) is 21.2. The molecule has 2 heterocycles. The summed E-state index contributed by atoms with van der Waals surface area (Å²) in [6, 6.07) is 5.70. The second-order valence-corrected chi connectivity index (χ2v) is 6.21. The Balaban J connectivity index is 1.61. The molecule has 0 unspecified atom stereocenters. The van der Waals surface area contributed by atoms with Crippen LogP contribution in [0.25, 0.3) is 5.65 Å². The van der Waals surface area contributed by atoms with Crippen molar-refractivity contribution in [3.63, 3.8) is 0 Å². The van der Waals surface area contributed by atoms with Gasteiger partial charge in [-0.3, -0.25) is 14.9 Å². The van der Waals surface area contributed by atoms with Crippen LogP contribution in [-0.2, 0) is 22.3 Å². The van der Waals surface area contributed by atoms with Crippen molar-refractivity contribution in [2.75, 3.05) is 11.9 Å². The number of hydrogen-bond acceptors (Lipinski definition) is 6. The van der Waals surface area contributed by atoms with E-state index in [-0.39, 0.29) is 12.3 Å². The number of nitro groups is 1. The van der Waals surface area contributed by atoms with Crippen molar-refractivity contribution in [1.29, 1.82) is 0 Å². The number of nitrogens with zero attached hydrogens (tertiary/aromatic N) is 3. The Morgan fingerprint density at radius 2 is 2.03 bits per heavy atom. The van der Waals surface area contributed by atoms with Crippen LogP contribution in [0.2, 0.25) is 0 Å². The molecule has 0 aliphatic rings. The Bertz CT molecular complexity index is 1080. The number of aryl methyl sites for hydroxylation is 1. The van der Waals surface area contributed by atoms with Gasteiger partial charge in [-0.2, -0.15) is 13.2 Å². The van der Waals surface area contributed by atoms with Crippen molar-refractivity contribution in [3.8, 4) is 0 Å². The zero-order valence-corrected chi connectivity index (χ0v) is 15.1.